The Kier molecular flexibility index (Phi) is 47.9. The Balaban J connectivity index is 0.000000217. The quantitative estimate of drug-likeness (QED) is 0.0208. The van der Waals surface area contributed by atoms with Gasteiger partial charge in [-0.15, -0.1) is 0 Å². The first-order chi connectivity index (χ1) is 68.2. The van der Waals surface area contributed by atoms with Crippen LogP contribution in [0.1, 0.15) is 68.7 Å². The van der Waals surface area contributed by atoms with Crippen LogP contribution in [0, 0.1) is 27.7 Å². The van der Waals surface area contributed by atoms with Crippen molar-refractivity contribution in [1.29, 1.82) is 0 Å². The largest absolute Gasteiger partial charge is 0.457 e. The topological polar surface area (TPSA) is 252 Å². The fourth-order valence-corrected chi connectivity index (χ4v) is 14.0. The van der Waals surface area contributed by atoms with E-state index in [1.54, 1.807) is 18.2 Å². The van der Waals surface area contributed by atoms with E-state index >= 15 is 0 Å². The van der Waals surface area contributed by atoms with Gasteiger partial charge in [-0.05, 0) is 370 Å². The van der Waals surface area contributed by atoms with Crippen LogP contribution in [-0.4, -0.2) is 125 Å². The fraction of sp³-hybridized carbons (Fsp3) is 0.222. The Morgan fingerprint density at radius 2 is 0.539 bits per heavy atom. The molecule has 0 aliphatic heterocycles. The minimum Gasteiger partial charge on any atom is -0.457 e. The SMILES string of the molecule is CCNc1cc(NC)ccc1C.CCc1cccc(Oc2ccc(NC)cc2)c1.CNc1ccc(-c2ccc(NC)c(C(F)(F)F)c2)cc1C.CNc1ccc(-c2ccc(NC)c(C)c2)cc1C.CNc1ccc(Cc2ccc(NC)cc2)cc1.CNc1ccc(NC(=O)c2ccc(NC)cc2)cc1.CNc1ccc(NC)cc1.CNc1ccc(Oc2ccc(NC)cc2)cc1.CNc1cccc(NC)c1. The van der Waals surface area contributed by atoms with Gasteiger partial charge in [-0.3, -0.25) is 4.79 Å². The van der Waals surface area contributed by atoms with E-state index in [1.807, 2.05) is 295 Å². The van der Waals surface area contributed by atoms with Gasteiger partial charge in [-0.1, -0.05) is 79.7 Å². The average molecular weight is 1910 g/mol. The highest BCUT2D eigenvalue weighted by Gasteiger charge is 2.34. The molecule has 15 rings (SSSR count). The molecule has 0 radical (unpaired) electrons. The second kappa shape index (κ2) is 60.4. The third-order valence-corrected chi connectivity index (χ3v) is 22.5. The monoisotopic (exact) mass is 1910 g/mol. The first-order valence-corrected chi connectivity index (χ1v) is 47.1. The number of halogens is 3. The van der Waals surface area contributed by atoms with Gasteiger partial charge in [0.2, 0.25) is 0 Å². The van der Waals surface area contributed by atoms with Crippen LogP contribution in [0.25, 0.3) is 22.3 Å². The number of ether oxygens (including phenoxy) is 2. The van der Waals surface area contributed by atoms with Crippen LogP contribution in [0.4, 0.5) is 116 Å². The van der Waals surface area contributed by atoms with E-state index in [-0.39, 0.29) is 11.6 Å². The number of alkyl halides is 3. The van der Waals surface area contributed by atoms with Crippen molar-refractivity contribution in [2.45, 2.75) is 60.6 Å². The van der Waals surface area contributed by atoms with E-state index in [0.717, 1.165) is 133 Å². The van der Waals surface area contributed by atoms with Gasteiger partial charge >= 0.3 is 6.18 Å². The predicted molar refractivity (Wildman–Crippen MR) is 606 cm³/mol. The van der Waals surface area contributed by atoms with Crippen molar-refractivity contribution in [3.8, 4) is 45.3 Å². The maximum atomic E-state index is 13.1. The maximum absolute atomic E-state index is 13.1. The van der Waals surface area contributed by atoms with Crippen LogP contribution >= 0.6 is 0 Å². The van der Waals surface area contributed by atoms with E-state index in [2.05, 4.69) is 252 Å². The molecule has 742 valence electrons. The molecule has 24 heteroatoms. The minimum absolute atomic E-state index is 0.0785. The molecule has 0 saturated heterocycles. The molecular weight excluding hydrogens is 1760 g/mol. The van der Waals surface area contributed by atoms with E-state index in [0.29, 0.717) is 11.1 Å². The second-order valence-corrected chi connectivity index (χ2v) is 32.0. The summed E-state index contributed by atoms with van der Waals surface area (Å²) in [7, 11) is 30.0. The summed E-state index contributed by atoms with van der Waals surface area (Å²) in [4.78, 5) is 12.0. The Hall–Kier alpha value is -16.2. The average Bonchev–Trinajstić information content (AvgIpc) is 0.789. The van der Waals surface area contributed by atoms with Crippen molar-refractivity contribution in [2.75, 3.05) is 215 Å². The van der Waals surface area contributed by atoms with Crippen LogP contribution in [-0.2, 0) is 19.0 Å². The van der Waals surface area contributed by atoms with Crippen molar-refractivity contribution >= 4 is 108 Å². The predicted octanol–water partition coefficient (Wildman–Crippen LogP) is 28.9. The third kappa shape index (κ3) is 38.0. The van der Waals surface area contributed by atoms with Gasteiger partial charge in [0.15, 0.2) is 0 Å². The van der Waals surface area contributed by atoms with E-state index in [4.69, 9.17) is 9.47 Å². The minimum atomic E-state index is -4.38. The molecule has 0 aliphatic carbocycles. The normalized spacial score (nSPS) is 9.99. The molecule has 0 unspecified atom stereocenters. The zero-order valence-electron chi connectivity index (χ0n) is 85.7. The molecule has 1 amide bonds. The Morgan fingerprint density at radius 1 is 0.248 bits per heavy atom. The van der Waals surface area contributed by atoms with Crippen LogP contribution in [0.15, 0.2) is 334 Å². The highest BCUT2D eigenvalue weighted by atomic mass is 19.4. The Morgan fingerprint density at radius 3 is 0.858 bits per heavy atom. The Bertz CT molecular complexity index is 5880. The van der Waals surface area contributed by atoms with Crippen molar-refractivity contribution in [2.24, 2.45) is 0 Å². The number of benzene rings is 15. The van der Waals surface area contributed by atoms with E-state index in [9.17, 15) is 18.0 Å². The molecule has 18 N–H and O–H groups in total. The van der Waals surface area contributed by atoms with Crippen LogP contribution < -0.4 is 105 Å². The van der Waals surface area contributed by atoms with Gasteiger partial charge in [0, 0.05) is 227 Å². The zero-order valence-corrected chi connectivity index (χ0v) is 85.7. The number of rotatable bonds is 29. The van der Waals surface area contributed by atoms with Gasteiger partial charge in [0.1, 0.15) is 23.0 Å². The third-order valence-electron chi connectivity index (χ3n) is 22.5. The first kappa shape index (κ1) is 112. The van der Waals surface area contributed by atoms with Gasteiger partial charge in [0.05, 0.1) is 5.56 Å². The number of carbonyl (C=O) groups is 1. The van der Waals surface area contributed by atoms with E-state index in [1.165, 1.54) is 80.8 Å². The summed E-state index contributed by atoms with van der Waals surface area (Å²) in [6, 6.07) is 109. The number of aryl methyl sites for hydroxylation is 5. The maximum Gasteiger partial charge on any atom is 0.418 e. The summed E-state index contributed by atoms with van der Waals surface area (Å²) >= 11 is 0. The molecule has 21 nitrogen and oxygen atoms in total. The zero-order chi connectivity index (χ0) is 102. The molecule has 15 aromatic rings. The number of hydrogen-bond donors (Lipinski definition) is 18. The number of amides is 1. The van der Waals surface area contributed by atoms with Crippen molar-refractivity contribution in [1.82, 2.24) is 0 Å². The Labute approximate surface area is 835 Å². The number of carbonyl (C=O) groups excluding carboxylic acids is 1. The summed E-state index contributed by atoms with van der Waals surface area (Å²) in [5.74, 6) is 3.31. The van der Waals surface area contributed by atoms with Crippen molar-refractivity contribution in [3.63, 3.8) is 0 Å². The van der Waals surface area contributed by atoms with Crippen molar-refractivity contribution in [3.05, 3.63) is 384 Å². The van der Waals surface area contributed by atoms with Gasteiger partial charge < -0.3 is 105 Å². The first-order valence-electron chi connectivity index (χ1n) is 47.1. The highest BCUT2D eigenvalue weighted by Crippen LogP contribution is 2.39. The summed E-state index contributed by atoms with van der Waals surface area (Å²) in [6.07, 6.45) is -2.38. The van der Waals surface area contributed by atoms with Crippen LogP contribution in [0.2, 0.25) is 0 Å². The number of nitrogens with one attached hydrogen (secondary N) is 18. The van der Waals surface area contributed by atoms with Gasteiger partial charge in [0.25, 0.3) is 5.91 Å². The highest BCUT2D eigenvalue weighted by molar-refractivity contribution is 6.04. The molecule has 0 saturated carbocycles. The number of anilines is 18. The molecule has 0 spiro atoms. The molecule has 0 bridgehead atoms. The van der Waals surface area contributed by atoms with E-state index < -0.39 is 11.7 Å². The summed E-state index contributed by atoms with van der Waals surface area (Å²) < 4.78 is 50.8. The lowest BCUT2D eigenvalue weighted by Gasteiger charge is -2.15. The molecule has 0 atom stereocenters. The molecule has 0 fully saturated rings. The van der Waals surface area contributed by atoms with Crippen LogP contribution in [0.5, 0.6) is 23.0 Å². The molecule has 0 heterocycles. The lowest BCUT2D eigenvalue weighted by Crippen LogP contribution is -2.11. The lowest BCUT2D eigenvalue weighted by atomic mass is 9.99. The summed E-state index contributed by atoms with van der Waals surface area (Å²) in [6.45, 7) is 13.5. The molecule has 141 heavy (non-hydrogen) atoms. The summed E-state index contributed by atoms with van der Waals surface area (Å²) in [5.41, 5.74) is 31.2. The fourth-order valence-electron chi connectivity index (χ4n) is 14.0. The standard InChI is InChI=1S/C16H17F3N2.C16H20N2.C15H17N3O.C15H18N2.C15H17NO.C14H16N2O.C10H16N2.2C8H12N2/c1-10-8-11(4-6-14(10)20-2)12-5-7-15(21-3)13(9-12)16(17,18)19;1-11-9-13(5-7-15(11)17-3)14-6-8-16(18-4)12(2)10-14;1-16-12-5-3-11(4-6-12)15(19)18-14-9-7-13(17-2)8-10-14;1-16-14-7-3-12(4-8-14)11-13-5-9-15(17-2)10-6-13;1-3-12-5-4-6-15(11-12)17-14-9-7-13(16-2)8-10-14;1-15-11-3-7-13(8-4-11)17-14-9-5-12(16-2)6-10-14;1-4-12-10-7-9(11-3)6-5-8(10)2;1-9-7-3-5-8(10-2)6-4-7;1-9-7-4-3-5-8(6-7)10-2/h4-9,20-21H,1-3H3;5-10,17-18H,1-4H3;3-10,16-17H,1-2H3,(H,18,19);3-10,16-17H,11H2,1-2H3;4-11,16H,3H2,1-2H3;3-10,15-16H,1-2H3;5-7,11-12H,4H2,1-3H3;2*3-6,9-10H,1-2H3. The molecule has 15 aromatic carbocycles. The molecular formula is C117H145F3N18O3. The van der Waals surface area contributed by atoms with Gasteiger partial charge in [-0.2, -0.15) is 13.2 Å². The van der Waals surface area contributed by atoms with Crippen LogP contribution in [0.3, 0.4) is 0 Å². The lowest BCUT2D eigenvalue weighted by molar-refractivity contribution is -0.136. The van der Waals surface area contributed by atoms with Crippen molar-refractivity contribution < 1.29 is 27.4 Å². The molecule has 0 aliphatic rings. The second-order valence-electron chi connectivity index (χ2n) is 32.0. The number of hydrogen-bond acceptors (Lipinski definition) is 20. The molecule has 0 aromatic heterocycles. The smallest absolute Gasteiger partial charge is 0.418 e. The van der Waals surface area contributed by atoms with Gasteiger partial charge in [-0.25, -0.2) is 0 Å². The summed E-state index contributed by atoms with van der Waals surface area (Å²) in [5, 5.41) is 55.0.